The van der Waals surface area contributed by atoms with Crippen molar-refractivity contribution in [3.63, 3.8) is 0 Å². The number of hydrogen-bond acceptors (Lipinski definition) is 5. The van der Waals surface area contributed by atoms with Crippen molar-refractivity contribution in [1.29, 1.82) is 0 Å². The van der Waals surface area contributed by atoms with Gasteiger partial charge < -0.3 is 15.3 Å². The number of carbonyl (C=O) groups excluding carboxylic acids is 1. The molecule has 0 spiro atoms. The second-order valence-electron chi connectivity index (χ2n) is 3.61. The first-order valence-electron chi connectivity index (χ1n) is 5.18. The molecular weight excluding hydrogens is 244 g/mol. The SMILES string of the molecule is O=C1c2sccc2NC(S)N1CCCCO. The third kappa shape index (κ3) is 2.18. The number of rotatable bonds is 4. The molecule has 1 unspecified atom stereocenters. The summed E-state index contributed by atoms with van der Waals surface area (Å²) < 4.78 is 0. The van der Waals surface area contributed by atoms with Gasteiger partial charge in [0.1, 0.15) is 10.4 Å². The van der Waals surface area contributed by atoms with E-state index in [-0.39, 0.29) is 18.0 Å². The van der Waals surface area contributed by atoms with Crippen LogP contribution in [0.3, 0.4) is 0 Å². The van der Waals surface area contributed by atoms with E-state index in [2.05, 4.69) is 17.9 Å². The van der Waals surface area contributed by atoms with Crippen LogP contribution in [-0.4, -0.2) is 34.6 Å². The number of unbranched alkanes of at least 4 members (excludes halogenated alkanes) is 1. The van der Waals surface area contributed by atoms with E-state index in [1.165, 1.54) is 11.3 Å². The Kier molecular flexibility index (Phi) is 3.73. The van der Waals surface area contributed by atoms with E-state index in [1.54, 1.807) is 4.90 Å². The largest absolute Gasteiger partial charge is 0.396 e. The van der Waals surface area contributed by atoms with Crippen LogP contribution in [0.2, 0.25) is 0 Å². The van der Waals surface area contributed by atoms with Crippen molar-refractivity contribution in [1.82, 2.24) is 4.90 Å². The first kappa shape index (κ1) is 11.8. The summed E-state index contributed by atoms with van der Waals surface area (Å²) in [6, 6.07) is 1.90. The molecule has 1 aliphatic rings. The third-order valence-corrected chi connectivity index (χ3v) is 3.82. The van der Waals surface area contributed by atoms with Crippen LogP contribution >= 0.6 is 24.0 Å². The fraction of sp³-hybridized carbons (Fsp3) is 0.500. The molecule has 16 heavy (non-hydrogen) atoms. The Balaban J connectivity index is 2.07. The molecule has 88 valence electrons. The first-order valence-corrected chi connectivity index (χ1v) is 6.57. The van der Waals surface area contributed by atoms with E-state index in [0.717, 1.165) is 17.0 Å². The number of anilines is 1. The van der Waals surface area contributed by atoms with Crippen molar-refractivity contribution in [2.75, 3.05) is 18.5 Å². The lowest BCUT2D eigenvalue weighted by atomic mass is 10.2. The van der Waals surface area contributed by atoms with Gasteiger partial charge in [-0.1, -0.05) is 0 Å². The molecule has 0 bridgehead atoms. The average molecular weight is 258 g/mol. The van der Waals surface area contributed by atoms with Gasteiger partial charge in [-0.15, -0.1) is 24.0 Å². The van der Waals surface area contributed by atoms with E-state index in [1.807, 2.05) is 11.4 Å². The molecule has 1 aromatic rings. The molecule has 0 aliphatic carbocycles. The van der Waals surface area contributed by atoms with Crippen molar-refractivity contribution >= 4 is 35.6 Å². The standard InChI is InChI=1S/C10H14N2O2S2/c13-5-2-1-4-12-9(14)8-7(3-6-16-8)11-10(12)15/h3,6,10-11,13,15H,1-2,4-5H2. The molecule has 0 saturated carbocycles. The summed E-state index contributed by atoms with van der Waals surface area (Å²) in [5.74, 6) is 0.0293. The molecule has 2 rings (SSSR count). The zero-order valence-electron chi connectivity index (χ0n) is 8.72. The highest BCUT2D eigenvalue weighted by molar-refractivity contribution is 7.81. The molecule has 6 heteroatoms. The van der Waals surface area contributed by atoms with Gasteiger partial charge in [0.05, 0.1) is 5.69 Å². The molecule has 0 radical (unpaired) electrons. The summed E-state index contributed by atoms with van der Waals surface area (Å²) >= 11 is 5.80. The molecule has 1 aromatic heterocycles. The smallest absolute Gasteiger partial charge is 0.268 e. The summed E-state index contributed by atoms with van der Waals surface area (Å²) in [6.07, 6.45) is 1.50. The van der Waals surface area contributed by atoms with Gasteiger partial charge in [-0.3, -0.25) is 4.79 Å². The minimum Gasteiger partial charge on any atom is -0.396 e. The highest BCUT2D eigenvalue weighted by Gasteiger charge is 2.30. The second-order valence-corrected chi connectivity index (χ2v) is 5.02. The highest BCUT2D eigenvalue weighted by Crippen LogP contribution is 2.30. The number of nitrogens with one attached hydrogen (secondary N) is 1. The minimum atomic E-state index is -0.270. The molecule has 2 N–H and O–H groups in total. The number of nitrogens with zero attached hydrogens (tertiary/aromatic N) is 1. The van der Waals surface area contributed by atoms with Crippen LogP contribution in [0.25, 0.3) is 0 Å². The zero-order valence-corrected chi connectivity index (χ0v) is 10.4. The number of carbonyl (C=O) groups is 1. The Morgan fingerprint density at radius 2 is 2.38 bits per heavy atom. The number of aliphatic hydroxyl groups is 1. The van der Waals surface area contributed by atoms with Gasteiger partial charge in [-0.2, -0.15) is 0 Å². The molecule has 0 saturated heterocycles. The number of thiophene rings is 1. The molecule has 1 aliphatic heterocycles. The molecular formula is C10H14N2O2S2. The lowest BCUT2D eigenvalue weighted by Crippen LogP contribution is -2.45. The van der Waals surface area contributed by atoms with E-state index < -0.39 is 0 Å². The highest BCUT2D eigenvalue weighted by atomic mass is 32.1. The van der Waals surface area contributed by atoms with Crippen LogP contribution in [0.4, 0.5) is 5.69 Å². The molecule has 1 atom stereocenters. The Labute approximate surface area is 104 Å². The Hall–Kier alpha value is -0.720. The van der Waals surface area contributed by atoms with Crippen molar-refractivity contribution in [2.24, 2.45) is 0 Å². The lowest BCUT2D eigenvalue weighted by molar-refractivity contribution is 0.0740. The van der Waals surface area contributed by atoms with Crippen LogP contribution in [0, 0.1) is 0 Å². The van der Waals surface area contributed by atoms with Crippen LogP contribution in [0.15, 0.2) is 11.4 Å². The zero-order chi connectivity index (χ0) is 11.5. The molecule has 4 nitrogen and oxygen atoms in total. The summed E-state index contributed by atoms with van der Waals surface area (Å²) in [5, 5.41) is 13.8. The summed E-state index contributed by atoms with van der Waals surface area (Å²) in [6.45, 7) is 0.787. The van der Waals surface area contributed by atoms with Gasteiger partial charge in [0.25, 0.3) is 5.91 Å². The Morgan fingerprint density at radius 3 is 3.12 bits per heavy atom. The maximum absolute atomic E-state index is 12.1. The quantitative estimate of drug-likeness (QED) is 0.568. The molecule has 2 heterocycles. The van der Waals surface area contributed by atoms with Crippen LogP contribution in [-0.2, 0) is 0 Å². The predicted octanol–water partition coefficient (Wildman–Crippen LogP) is 1.60. The summed E-state index contributed by atoms with van der Waals surface area (Å²) in [5.41, 5.74) is 0.599. The van der Waals surface area contributed by atoms with Gasteiger partial charge >= 0.3 is 0 Å². The van der Waals surface area contributed by atoms with Gasteiger partial charge in [0.2, 0.25) is 0 Å². The van der Waals surface area contributed by atoms with Crippen LogP contribution in [0.5, 0.6) is 0 Å². The van der Waals surface area contributed by atoms with Crippen molar-refractivity contribution in [3.05, 3.63) is 16.3 Å². The van der Waals surface area contributed by atoms with E-state index in [9.17, 15) is 4.79 Å². The molecule has 0 aromatic carbocycles. The Bertz CT molecular complexity index is 381. The number of hydrogen-bond donors (Lipinski definition) is 3. The van der Waals surface area contributed by atoms with Gasteiger partial charge in [0.15, 0.2) is 0 Å². The van der Waals surface area contributed by atoms with E-state index in [0.29, 0.717) is 13.0 Å². The van der Waals surface area contributed by atoms with Crippen LogP contribution < -0.4 is 5.32 Å². The number of fused-ring (bicyclic) bond motifs is 1. The minimum absolute atomic E-state index is 0.0293. The second kappa shape index (κ2) is 5.07. The Morgan fingerprint density at radius 1 is 1.56 bits per heavy atom. The monoisotopic (exact) mass is 258 g/mol. The van der Waals surface area contributed by atoms with E-state index in [4.69, 9.17) is 5.11 Å². The number of aliphatic hydroxyl groups excluding tert-OH is 1. The predicted molar refractivity (Wildman–Crippen MR) is 68.1 cm³/mol. The van der Waals surface area contributed by atoms with Crippen molar-refractivity contribution < 1.29 is 9.90 Å². The maximum atomic E-state index is 12.1. The molecule has 0 fully saturated rings. The fourth-order valence-corrected chi connectivity index (χ4v) is 2.84. The average Bonchev–Trinajstić information content (AvgIpc) is 2.71. The van der Waals surface area contributed by atoms with Gasteiger partial charge in [-0.05, 0) is 24.3 Å². The van der Waals surface area contributed by atoms with Crippen molar-refractivity contribution in [3.8, 4) is 0 Å². The summed E-state index contributed by atoms with van der Waals surface area (Å²) in [7, 11) is 0. The van der Waals surface area contributed by atoms with Crippen LogP contribution in [0.1, 0.15) is 22.5 Å². The van der Waals surface area contributed by atoms with Crippen molar-refractivity contribution in [2.45, 2.75) is 18.3 Å². The van der Waals surface area contributed by atoms with E-state index >= 15 is 0 Å². The number of thiol groups is 1. The molecule has 1 amide bonds. The van der Waals surface area contributed by atoms with Gasteiger partial charge in [0, 0.05) is 13.2 Å². The van der Waals surface area contributed by atoms with Gasteiger partial charge in [-0.25, -0.2) is 0 Å². The first-order chi connectivity index (χ1) is 7.74. The topological polar surface area (TPSA) is 52.6 Å². The lowest BCUT2D eigenvalue weighted by Gasteiger charge is -2.33. The normalized spacial score (nSPS) is 19.5. The third-order valence-electron chi connectivity index (χ3n) is 2.51. The fourth-order valence-electron chi connectivity index (χ4n) is 1.66. The maximum Gasteiger partial charge on any atom is 0.268 e. The summed E-state index contributed by atoms with van der Waals surface area (Å²) in [4.78, 5) is 14.5. The number of amides is 1.